The molecule has 2 aliphatic carbocycles. The summed E-state index contributed by atoms with van der Waals surface area (Å²) >= 11 is 0. The van der Waals surface area contributed by atoms with E-state index in [1.165, 1.54) is 36.2 Å². The van der Waals surface area contributed by atoms with Crippen molar-refractivity contribution in [2.24, 2.45) is 11.8 Å². The second kappa shape index (κ2) is 14.2. The van der Waals surface area contributed by atoms with Crippen molar-refractivity contribution in [3.63, 3.8) is 0 Å². The number of ether oxygens (including phenoxy) is 1. The number of alkyl halides is 3. The topological polar surface area (TPSA) is 167 Å². The number of hydrogen-bond donors (Lipinski definition) is 4. The second-order valence-electron chi connectivity index (χ2n) is 13.7. The Balaban J connectivity index is 1.42. The lowest BCUT2D eigenvalue weighted by molar-refractivity contribution is -0.146. The van der Waals surface area contributed by atoms with Crippen molar-refractivity contribution in [3.8, 4) is 5.75 Å². The summed E-state index contributed by atoms with van der Waals surface area (Å²) < 4.78 is 47.3. The normalized spacial score (nSPS) is 21.9. The molecule has 4 N–H and O–H groups in total. The van der Waals surface area contributed by atoms with Gasteiger partial charge in [-0.05, 0) is 55.7 Å². The van der Waals surface area contributed by atoms with Gasteiger partial charge >= 0.3 is 12.1 Å². The van der Waals surface area contributed by atoms with Crippen molar-refractivity contribution in [2.75, 3.05) is 6.54 Å². The second-order valence-corrected chi connectivity index (χ2v) is 13.7. The third-order valence-corrected chi connectivity index (χ3v) is 9.69. The van der Waals surface area contributed by atoms with Gasteiger partial charge in [0.25, 0.3) is 0 Å². The molecule has 4 amide bonds. The maximum absolute atomic E-state index is 14.3. The lowest BCUT2D eigenvalue weighted by atomic mass is 9.83. The average molecular weight is 690 g/mol. The molecule has 5 rings (SSSR count). The number of carbonyl (C=O) groups excluding carboxylic acids is 4. The van der Waals surface area contributed by atoms with Crippen LogP contribution < -0.4 is 20.7 Å². The number of carbonyl (C=O) groups is 5. The molecule has 2 saturated carbocycles. The van der Waals surface area contributed by atoms with Crippen LogP contribution in [0.2, 0.25) is 0 Å². The van der Waals surface area contributed by atoms with Crippen molar-refractivity contribution >= 4 is 40.5 Å². The molecule has 1 aromatic heterocycles. The first-order chi connectivity index (χ1) is 23.1. The van der Waals surface area contributed by atoms with Gasteiger partial charge in [0.1, 0.15) is 35.5 Å². The van der Waals surface area contributed by atoms with Gasteiger partial charge in [0.15, 0.2) is 0 Å². The Kier molecular flexibility index (Phi) is 10.4. The first-order valence-corrected chi connectivity index (χ1v) is 16.7. The van der Waals surface area contributed by atoms with E-state index in [4.69, 9.17) is 4.74 Å². The Bertz CT molecular complexity index is 1610. The van der Waals surface area contributed by atoms with Crippen LogP contribution in [-0.4, -0.2) is 80.9 Å². The summed E-state index contributed by atoms with van der Waals surface area (Å²) in [4.78, 5) is 70.7. The molecule has 3 fully saturated rings. The summed E-state index contributed by atoms with van der Waals surface area (Å²) in [5, 5.41) is 17.9. The molecule has 4 atom stereocenters. The third-order valence-electron chi connectivity index (χ3n) is 9.69. The van der Waals surface area contributed by atoms with E-state index < -0.39 is 71.1 Å². The highest BCUT2D eigenvalue weighted by atomic mass is 19.4. The molecule has 1 aliphatic heterocycles. The molecule has 49 heavy (non-hydrogen) atoms. The number of para-hydroxylation sites is 1. The molecule has 1 unspecified atom stereocenters. The quantitative estimate of drug-likeness (QED) is 0.278. The maximum atomic E-state index is 14.3. The zero-order valence-corrected chi connectivity index (χ0v) is 27.6. The number of carboxylic acid groups (broad SMARTS) is 1. The van der Waals surface area contributed by atoms with Crippen LogP contribution in [0.1, 0.15) is 77.7 Å². The van der Waals surface area contributed by atoms with E-state index in [2.05, 4.69) is 20.9 Å². The Hall–Kier alpha value is -4.43. The van der Waals surface area contributed by atoms with Gasteiger partial charge in [-0.25, -0.2) is 4.79 Å². The average Bonchev–Trinajstić information content (AvgIpc) is 3.71. The maximum Gasteiger partial charge on any atom is 0.418 e. The van der Waals surface area contributed by atoms with Crippen molar-refractivity contribution < 1.29 is 47.0 Å². The fourth-order valence-electron chi connectivity index (χ4n) is 6.89. The van der Waals surface area contributed by atoms with Crippen LogP contribution in [0, 0.1) is 11.8 Å². The number of halogens is 3. The van der Waals surface area contributed by atoms with Crippen molar-refractivity contribution in [2.45, 2.75) is 108 Å². The van der Waals surface area contributed by atoms with Crippen LogP contribution in [0.25, 0.3) is 10.9 Å². The molecule has 1 aromatic carbocycles. The van der Waals surface area contributed by atoms with E-state index >= 15 is 0 Å². The van der Waals surface area contributed by atoms with Gasteiger partial charge in [-0.15, -0.1) is 0 Å². The van der Waals surface area contributed by atoms with Crippen molar-refractivity contribution in [1.82, 2.24) is 25.8 Å². The minimum absolute atomic E-state index is 0.0677. The summed E-state index contributed by atoms with van der Waals surface area (Å²) in [6.45, 7) is 4.60. The van der Waals surface area contributed by atoms with E-state index in [9.17, 15) is 42.3 Å². The van der Waals surface area contributed by atoms with E-state index in [-0.39, 0.29) is 54.3 Å². The predicted molar refractivity (Wildman–Crippen MR) is 170 cm³/mol. The minimum Gasteiger partial charge on any atom is -0.488 e. The van der Waals surface area contributed by atoms with Gasteiger partial charge in [0.05, 0.1) is 17.6 Å². The number of aromatic nitrogens is 1. The van der Waals surface area contributed by atoms with Gasteiger partial charge in [-0.2, -0.15) is 13.2 Å². The number of fused-ring (bicyclic) bond motifs is 1. The molecule has 15 heteroatoms. The summed E-state index contributed by atoms with van der Waals surface area (Å²) in [5.74, 6) is -3.93. The Labute approximate surface area is 281 Å². The van der Waals surface area contributed by atoms with Crippen LogP contribution in [-0.2, 0) is 30.1 Å². The zero-order valence-electron chi connectivity index (χ0n) is 27.6. The predicted octanol–water partition coefficient (Wildman–Crippen LogP) is 3.56. The van der Waals surface area contributed by atoms with Gasteiger partial charge in [0.2, 0.25) is 23.6 Å². The number of aliphatic carboxylic acids is 1. The van der Waals surface area contributed by atoms with Crippen molar-refractivity contribution in [1.29, 1.82) is 0 Å². The Morgan fingerprint density at radius 3 is 2.33 bits per heavy atom. The number of rotatable bonds is 11. The van der Waals surface area contributed by atoms with Crippen LogP contribution >= 0.6 is 0 Å². The first-order valence-electron chi connectivity index (χ1n) is 16.7. The van der Waals surface area contributed by atoms with Crippen molar-refractivity contribution in [3.05, 3.63) is 36.0 Å². The SMILES string of the molecule is CC(=O)N[C@H](C(=O)N[C@H](C(=O)N1C[C@H](Oc2ccnc3c(C(F)(F)F)cccc23)CC1C(=O)NC1(C(=O)O)CC1)C(C)C)C1CCCCC1. The van der Waals surface area contributed by atoms with E-state index in [0.717, 1.165) is 38.2 Å². The summed E-state index contributed by atoms with van der Waals surface area (Å²) in [5.41, 5.74) is -2.71. The van der Waals surface area contributed by atoms with E-state index in [1.807, 2.05) is 0 Å². The molecule has 3 aliphatic rings. The van der Waals surface area contributed by atoms with E-state index in [1.54, 1.807) is 13.8 Å². The minimum atomic E-state index is -4.67. The number of amides is 4. The molecular formula is C34H42F3N5O7. The summed E-state index contributed by atoms with van der Waals surface area (Å²) in [6.07, 6.45) is 0.317. The van der Waals surface area contributed by atoms with Gasteiger partial charge in [0, 0.05) is 24.9 Å². The van der Waals surface area contributed by atoms with Gasteiger partial charge < -0.3 is 30.7 Å². The highest BCUT2D eigenvalue weighted by Gasteiger charge is 2.54. The number of pyridine rings is 1. The largest absolute Gasteiger partial charge is 0.488 e. The fraction of sp³-hybridized carbons (Fsp3) is 0.588. The number of nitrogens with one attached hydrogen (secondary N) is 3. The molecule has 0 bridgehead atoms. The highest BCUT2D eigenvalue weighted by molar-refractivity contribution is 5.97. The van der Waals surface area contributed by atoms with Crippen LogP contribution in [0.15, 0.2) is 30.5 Å². The van der Waals surface area contributed by atoms with Crippen LogP contribution in [0.5, 0.6) is 5.75 Å². The number of benzene rings is 1. The van der Waals surface area contributed by atoms with Crippen LogP contribution in [0.3, 0.4) is 0 Å². The molecule has 2 aromatic rings. The zero-order chi connectivity index (χ0) is 35.7. The number of hydrogen-bond acceptors (Lipinski definition) is 7. The molecule has 12 nitrogen and oxygen atoms in total. The molecule has 2 heterocycles. The fourth-order valence-corrected chi connectivity index (χ4v) is 6.89. The number of likely N-dealkylation sites (tertiary alicyclic amines) is 1. The molecule has 0 spiro atoms. The third kappa shape index (κ3) is 7.91. The standard InChI is InChI=1S/C34H42F3N5O7/c1-18(2)26(40-30(45)27(39-19(3)43)20-8-5-4-6-9-20)31(46)42-17-21(16-24(42)29(44)41-33(13-14-33)32(47)48)49-25-12-15-38-28-22(25)10-7-11-23(28)34(35,36)37/h7,10-12,15,18,20-21,24,26-27H,4-6,8-9,13-14,16-17H2,1-3H3,(H,39,43)(H,40,45)(H,41,44)(H,47,48)/t21-,24?,26+,27+/m1/s1. The monoisotopic (exact) mass is 689 g/mol. The van der Waals surface area contributed by atoms with Gasteiger partial charge in [-0.3, -0.25) is 24.2 Å². The number of nitrogens with zero attached hydrogens (tertiary/aromatic N) is 2. The molecular weight excluding hydrogens is 647 g/mol. The summed E-state index contributed by atoms with van der Waals surface area (Å²) in [7, 11) is 0. The lowest BCUT2D eigenvalue weighted by Crippen LogP contribution is -2.60. The molecule has 1 saturated heterocycles. The van der Waals surface area contributed by atoms with E-state index in [0.29, 0.717) is 0 Å². The summed E-state index contributed by atoms with van der Waals surface area (Å²) in [6, 6.07) is 1.81. The molecule has 0 radical (unpaired) electrons. The van der Waals surface area contributed by atoms with Gasteiger partial charge in [-0.1, -0.05) is 39.2 Å². The number of carboxylic acids is 1. The Morgan fingerprint density at radius 2 is 1.73 bits per heavy atom. The first kappa shape index (κ1) is 35.9. The van der Waals surface area contributed by atoms with Crippen LogP contribution in [0.4, 0.5) is 13.2 Å². The highest BCUT2D eigenvalue weighted by Crippen LogP contribution is 2.39. The lowest BCUT2D eigenvalue weighted by Gasteiger charge is -2.34. The Morgan fingerprint density at radius 1 is 1.04 bits per heavy atom. The molecule has 266 valence electrons. The smallest absolute Gasteiger partial charge is 0.418 e.